The van der Waals surface area contributed by atoms with Gasteiger partial charge in [0.15, 0.2) is 0 Å². The average molecular weight is 625 g/mol. The van der Waals surface area contributed by atoms with Crippen LogP contribution in [-0.4, -0.2) is 35.5 Å². The van der Waals surface area contributed by atoms with E-state index in [0.717, 1.165) is 12.8 Å². The van der Waals surface area contributed by atoms with Gasteiger partial charge in [-0.3, -0.25) is 0 Å². The second-order valence-electron chi connectivity index (χ2n) is 2.62. The van der Waals surface area contributed by atoms with Crippen LogP contribution >= 0.6 is 38.7 Å². The Morgan fingerprint density at radius 3 is 1.20 bits per heavy atom. The molecule has 0 spiro atoms. The molecule has 98 valence electrons. The molecule has 0 heterocycles. The van der Waals surface area contributed by atoms with Crippen LogP contribution in [0.2, 0.25) is 0 Å². The van der Waals surface area contributed by atoms with Crippen LogP contribution < -0.4 is 0 Å². The topological polar surface area (TPSA) is 88.1 Å². The van der Waals surface area contributed by atoms with Crippen molar-refractivity contribution >= 4 is 38.7 Å². The number of hydrogen-bond acceptors (Lipinski definition) is 2. The van der Waals surface area contributed by atoms with Crippen molar-refractivity contribution < 1.29 is 21.4 Å². The Hall–Kier alpha value is 1.99. The van der Waals surface area contributed by atoms with Crippen LogP contribution in [0, 0.1) is 0 Å². The van der Waals surface area contributed by atoms with E-state index < -0.39 is 0 Å². The molecule has 0 rings (SSSR count). The Balaban J connectivity index is -0.000000153. The molecule has 0 saturated heterocycles. The summed E-state index contributed by atoms with van der Waals surface area (Å²) in [5.74, 6) is 0. The van der Waals surface area contributed by atoms with Crippen LogP contribution in [0.3, 0.4) is 0 Å². The van der Waals surface area contributed by atoms with Gasteiger partial charge in [0.2, 0.25) is 0 Å². The molecule has 4 nitrogen and oxygen atoms in total. The first kappa shape index (κ1) is 22.2. The number of rotatable bonds is 4. The summed E-state index contributed by atoms with van der Waals surface area (Å²) >= 11 is 5.30. The Labute approximate surface area is 122 Å². The molecular weight excluding hydrogens is 605 g/mol. The first-order chi connectivity index (χ1) is 7.03. The maximum absolute atomic E-state index is 8.15. The number of nitrogens with one attached hydrogen (secondary N) is 2. The fourth-order valence-electron chi connectivity index (χ4n) is 0.258. The molecule has 0 aromatic rings. The van der Waals surface area contributed by atoms with E-state index in [1.807, 2.05) is 13.8 Å². The van der Waals surface area contributed by atoms with E-state index >= 15 is 0 Å². The second kappa shape index (κ2) is 21.3. The minimum absolute atomic E-state index is 0.00347. The molecular formula is C8H20I2N2O2Pt. The SMILES string of the molecule is CCC([NH-])CO.CCC([NH-])CO.[I][Pt+2][I]. The Bertz CT molecular complexity index is 86.7. The summed E-state index contributed by atoms with van der Waals surface area (Å²) in [7, 11) is 0. The average Bonchev–Trinajstić information content (AvgIpc) is 2.28. The molecule has 0 radical (unpaired) electrons. The zero-order chi connectivity index (χ0) is 12.7. The van der Waals surface area contributed by atoms with Gasteiger partial charge >= 0.3 is 49.9 Å². The molecule has 0 aromatic heterocycles. The molecule has 0 aliphatic carbocycles. The molecule has 0 fully saturated rings. The van der Waals surface area contributed by atoms with Gasteiger partial charge < -0.3 is 21.7 Å². The molecule has 0 aromatic carbocycles. The standard InChI is InChI=1S/2C4H10NO.2HI.Pt/c2*1-2-4(5)3-6;;;/h2*4-6H,2-3H2,1H3;2*1H;/q2*-1;;;+4/p-2. The van der Waals surface area contributed by atoms with E-state index in [9.17, 15) is 0 Å². The Morgan fingerprint density at radius 2 is 1.20 bits per heavy atom. The zero-order valence-corrected chi connectivity index (χ0v) is 15.5. The van der Waals surface area contributed by atoms with Crippen LogP contribution in [-0.2, 0) is 11.2 Å². The summed E-state index contributed by atoms with van der Waals surface area (Å²) in [5, 5.41) is 16.3. The van der Waals surface area contributed by atoms with E-state index in [1.165, 1.54) is 0 Å². The van der Waals surface area contributed by atoms with E-state index in [1.54, 1.807) is 0 Å². The van der Waals surface area contributed by atoms with E-state index in [4.69, 9.17) is 21.7 Å². The van der Waals surface area contributed by atoms with Crippen molar-refractivity contribution in [2.75, 3.05) is 13.2 Å². The summed E-state index contributed by atoms with van der Waals surface area (Å²) in [6, 6.07) is -0.519. The Morgan fingerprint density at radius 1 is 1.00 bits per heavy atom. The summed E-state index contributed by atoms with van der Waals surface area (Å²) in [4.78, 5) is 0. The van der Waals surface area contributed by atoms with E-state index in [-0.39, 0.29) is 25.3 Å². The van der Waals surface area contributed by atoms with Gasteiger partial charge in [-0.1, -0.05) is 26.7 Å². The van der Waals surface area contributed by atoms with Gasteiger partial charge in [0.05, 0.1) is 0 Å². The molecule has 0 bridgehead atoms. The minimum atomic E-state index is -0.259. The zero-order valence-electron chi connectivity index (χ0n) is 8.95. The van der Waals surface area contributed by atoms with Gasteiger partial charge in [0, 0.05) is 13.2 Å². The fraction of sp³-hybridized carbons (Fsp3) is 1.00. The predicted octanol–water partition coefficient (Wildman–Crippen LogP) is 3.39. The fourth-order valence-corrected chi connectivity index (χ4v) is 0.258. The van der Waals surface area contributed by atoms with E-state index in [0.29, 0.717) is 11.2 Å². The van der Waals surface area contributed by atoms with Crippen molar-refractivity contribution in [2.24, 2.45) is 0 Å². The van der Waals surface area contributed by atoms with Crippen LogP contribution in [0.5, 0.6) is 0 Å². The number of halogens is 2. The van der Waals surface area contributed by atoms with Gasteiger partial charge in [0.1, 0.15) is 0 Å². The van der Waals surface area contributed by atoms with Crippen molar-refractivity contribution in [2.45, 2.75) is 38.8 Å². The van der Waals surface area contributed by atoms with Gasteiger partial charge in [0.25, 0.3) is 0 Å². The number of aliphatic hydroxyl groups is 2. The summed E-state index contributed by atoms with van der Waals surface area (Å²) in [6.45, 7) is 3.76. The molecule has 15 heavy (non-hydrogen) atoms. The predicted molar refractivity (Wildman–Crippen MR) is 79.0 cm³/mol. The summed E-state index contributed by atoms with van der Waals surface area (Å²) in [5.41, 5.74) is 13.6. The van der Waals surface area contributed by atoms with Crippen molar-refractivity contribution in [1.29, 1.82) is 0 Å². The molecule has 0 aliphatic rings. The third-order valence-corrected chi connectivity index (χ3v) is 1.43. The second-order valence-corrected chi connectivity index (χ2v) is 19.2. The van der Waals surface area contributed by atoms with Gasteiger partial charge in [-0.2, -0.15) is 0 Å². The van der Waals surface area contributed by atoms with Crippen molar-refractivity contribution in [3.05, 3.63) is 11.5 Å². The number of hydrogen-bond donors (Lipinski definition) is 2. The van der Waals surface area contributed by atoms with Gasteiger partial charge in [-0.25, -0.2) is 0 Å². The molecule has 2 unspecified atom stereocenters. The summed E-state index contributed by atoms with van der Waals surface area (Å²) in [6.07, 6.45) is 1.49. The normalized spacial score (nSPS) is 13.1. The number of aliphatic hydroxyl groups excluding tert-OH is 2. The molecule has 0 amide bonds. The monoisotopic (exact) mass is 625 g/mol. The maximum atomic E-state index is 8.15. The van der Waals surface area contributed by atoms with Crippen molar-refractivity contribution in [3.8, 4) is 0 Å². The quantitative estimate of drug-likeness (QED) is 0.470. The van der Waals surface area contributed by atoms with Gasteiger partial charge in [-0.15, -0.1) is 12.1 Å². The van der Waals surface area contributed by atoms with Crippen LogP contribution in [0.25, 0.3) is 11.5 Å². The molecule has 7 heteroatoms. The third-order valence-electron chi connectivity index (χ3n) is 1.43. The third kappa shape index (κ3) is 31.4. The first-order valence-corrected chi connectivity index (χ1v) is 17.4. The Kier molecular flexibility index (Phi) is 31.5. The molecule has 4 N–H and O–H groups in total. The molecule has 0 aliphatic heterocycles. The van der Waals surface area contributed by atoms with Crippen molar-refractivity contribution in [3.63, 3.8) is 0 Å². The molecule has 2 atom stereocenters. The summed E-state index contributed by atoms with van der Waals surface area (Å²) < 4.78 is 0. The van der Waals surface area contributed by atoms with E-state index in [2.05, 4.69) is 38.7 Å². The first-order valence-electron chi connectivity index (χ1n) is 4.50. The van der Waals surface area contributed by atoms with Crippen LogP contribution in [0.1, 0.15) is 26.7 Å². The van der Waals surface area contributed by atoms with Crippen LogP contribution in [0.15, 0.2) is 0 Å². The molecule has 0 saturated carbocycles. The van der Waals surface area contributed by atoms with Crippen molar-refractivity contribution in [1.82, 2.24) is 0 Å². The van der Waals surface area contributed by atoms with Gasteiger partial charge in [-0.05, 0) is 0 Å². The van der Waals surface area contributed by atoms with Crippen LogP contribution in [0.4, 0.5) is 0 Å².